The second-order valence-corrected chi connectivity index (χ2v) is 6.42. The zero-order valence-electron chi connectivity index (χ0n) is 10.6. The fourth-order valence-corrected chi connectivity index (χ4v) is 4.22. The molecule has 1 aromatic heterocycles. The number of nitrogens with zero attached hydrogens (tertiary/aromatic N) is 2. The first-order valence-electron chi connectivity index (χ1n) is 6.82. The first-order valence-corrected chi connectivity index (χ1v) is 7.70. The van der Waals surface area contributed by atoms with Gasteiger partial charge in [0.25, 0.3) is 0 Å². The van der Waals surface area contributed by atoms with Crippen LogP contribution in [0.15, 0.2) is 17.5 Å². The van der Waals surface area contributed by atoms with Crippen LogP contribution in [0.1, 0.15) is 36.6 Å². The lowest BCUT2D eigenvalue weighted by Gasteiger charge is -2.38. The van der Waals surface area contributed by atoms with Gasteiger partial charge in [0.05, 0.1) is 0 Å². The van der Waals surface area contributed by atoms with Crippen molar-refractivity contribution in [1.82, 2.24) is 9.80 Å². The summed E-state index contributed by atoms with van der Waals surface area (Å²) in [6.07, 6.45) is 5.47. The lowest BCUT2D eigenvalue weighted by atomic mass is 10.0. The first-order chi connectivity index (χ1) is 8.34. The van der Waals surface area contributed by atoms with Gasteiger partial charge in [-0.15, -0.1) is 11.3 Å². The largest absolute Gasteiger partial charge is 0.306 e. The molecule has 3 heterocycles. The minimum Gasteiger partial charge on any atom is -0.306 e. The Labute approximate surface area is 108 Å². The molecule has 2 nitrogen and oxygen atoms in total. The summed E-state index contributed by atoms with van der Waals surface area (Å²) in [7, 11) is 2.25. The predicted molar refractivity (Wildman–Crippen MR) is 73.5 cm³/mol. The van der Waals surface area contributed by atoms with Gasteiger partial charge in [0.1, 0.15) is 0 Å². The second-order valence-electron chi connectivity index (χ2n) is 5.45. The summed E-state index contributed by atoms with van der Waals surface area (Å²) < 4.78 is 0. The molecule has 2 aliphatic heterocycles. The molecule has 2 aliphatic rings. The molecule has 94 valence electrons. The van der Waals surface area contributed by atoms with Crippen molar-refractivity contribution < 1.29 is 0 Å². The molecule has 0 spiro atoms. The maximum Gasteiger partial charge on any atom is 0.0444 e. The van der Waals surface area contributed by atoms with E-state index in [2.05, 4.69) is 34.4 Å². The van der Waals surface area contributed by atoms with Crippen LogP contribution in [-0.4, -0.2) is 42.5 Å². The third kappa shape index (κ3) is 2.42. The van der Waals surface area contributed by atoms with E-state index in [0.717, 1.165) is 12.1 Å². The van der Waals surface area contributed by atoms with Gasteiger partial charge in [0.15, 0.2) is 0 Å². The summed E-state index contributed by atoms with van der Waals surface area (Å²) in [6, 6.07) is 6.08. The van der Waals surface area contributed by atoms with E-state index in [1.807, 2.05) is 11.3 Å². The summed E-state index contributed by atoms with van der Waals surface area (Å²) in [5.74, 6) is 0. The number of hydrogen-bond donors (Lipinski definition) is 0. The molecule has 0 aliphatic carbocycles. The quantitative estimate of drug-likeness (QED) is 0.796. The molecule has 17 heavy (non-hydrogen) atoms. The molecule has 3 rings (SSSR count). The van der Waals surface area contributed by atoms with Crippen LogP contribution < -0.4 is 0 Å². The highest BCUT2D eigenvalue weighted by molar-refractivity contribution is 7.10. The summed E-state index contributed by atoms with van der Waals surface area (Å²) in [5, 5.41) is 2.22. The van der Waals surface area contributed by atoms with Crippen LogP contribution in [0.25, 0.3) is 0 Å². The lowest BCUT2D eigenvalue weighted by Crippen LogP contribution is -2.43. The van der Waals surface area contributed by atoms with Crippen LogP contribution >= 0.6 is 11.3 Å². The summed E-state index contributed by atoms with van der Waals surface area (Å²) >= 11 is 1.94. The van der Waals surface area contributed by atoms with Crippen LogP contribution in [0, 0.1) is 0 Å². The smallest absolute Gasteiger partial charge is 0.0444 e. The lowest BCUT2D eigenvalue weighted by molar-refractivity contribution is 0.111. The Balaban J connectivity index is 1.69. The standard InChI is InChI=1S/C14H22N2S/c1-15-9-6-12(7-10-15)16-8-2-4-13(16)14-5-3-11-17-14/h3,5,11-13H,2,4,6-10H2,1H3/t13-/m1/s1. The monoisotopic (exact) mass is 250 g/mol. The maximum atomic E-state index is 2.79. The fourth-order valence-electron chi connectivity index (χ4n) is 3.34. The molecule has 0 saturated carbocycles. The number of thiophene rings is 1. The van der Waals surface area contributed by atoms with Crippen molar-refractivity contribution in [2.75, 3.05) is 26.7 Å². The van der Waals surface area contributed by atoms with E-state index in [9.17, 15) is 0 Å². The minimum absolute atomic E-state index is 0.725. The highest BCUT2D eigenvalue weighted by Crippen LogP contribution is 2.37. The summed E-state index contributed by atoms with van der Waals surface area (Å²) in [5.41, 5.74) is 0. The van der Waals surface area contributed by atoms with Gasteiger partial charge < -0.3 is 4.90 Å². The van der Waals surface area contributed by atoms with Gasteiger partial charge in [-0.1, -0.05) is 6.07 Å². The molecule has 2 saturated heterocycles. The van der Waals surface area contributed by atoms with Gasteiger partial charge in [0, 0.05) is 17.0 Å². The highest BCUT2D eigenvalue weighted by Gasteiger charge is 2.33. The van der Waals surface area contributed by atoms with Crippen LogP contribution in [0.5, 0.6) is 0 Å². The maximum absolute atomic E-state index is 2.79. The van der Waals surface area contributed by atoms with E-state index in [-0.39, 0.29) is 0 Å². The Bertz CT molecular complexity index is 341. The van der Waals surface area contributed by atoms with Gasteiger partial charge in [-0.05, 0) is 63.8 Å². The van der Waals surface area contributed by atoms with Crippen molar-refractivity contribution in [3.05, 3.63) is 22.4 Å². The number of rotatable bonds is 2. The van der Waals surface area contributed by atoms with Crippen molar-refractivity contribution in [3.8, 4) is 0 Å². The van der Waals surface area contributed by atoms with Crippen molar-refractivity contribution in [2.45, 2.75) is 37.8 Å². The molecule has 0 unspecified atom stereocenters. The normalized spacial score (nSPS) is 28.9. The number of piperidine rings is 1. The van der Waals surface area contributed by atoms with Crippen molar-refractivity contribution in [2.24, 2.45) is 0 Å². The second kappa shape index (κ2) is 5.09. The molecule has 0 radical (unpaired) electrons. The SMILES string of the molecule is CN1CCC(N2CCC[C@@H]2c2cccs2)CC1. The Hall–Kier alpha value is -0.380. The fraction of sp³-hybridized carbons (Fsp3) is 0.714. The molecule has 0 aromatic carbocycles. The minimum atomic E-state index is 0.725. The topological polar surface area (TPSA) is 6.48 Å². The van der Waals surface area contributed by atoms with Crippen LogP contribution in [0.3, 0.4) is 0 Å². The predicted octanol–water partition coefficient (Wildman–Crippen LogP) is 2.98. The molecule has 2 fully saturated rings. The molecule has 0 bridgehead atoms. The van der Waals surface area contributed by atoms with Gasteiger partial charge in [-0.25, -0.2) is 0 Å². The molecular weight excluding hydrogens is 228 g/mol. The van der Waals surface area contributed by atoms with Crippen molar-refractivity contribution in [3.63, 3.8) is 0 Å². The van der Waals surface area contributed by atoms with Gasteiger partial charge in [-0.2, -0.15) is 0 Å². The summed E-state index contributed by atoms with van der Waals surface area (Å²) in [6.45, 7) is 3.87. The van der Waals surface area contributed by atoms with Gasteiger partial charge in [-0.3, -0.25) is 4.90 Å². The van der Waals surface area contributed by atoms with E-state index >= 15 is 0 Å². The average molecular weight is 250 g/mol. The van der Waals surface area contributed by atoms with Crippen LogP contribution in [0.2, 0.25) is 0 Å². The molecule has 1 aromatic rings. The van der Waals surface area contributed by atoms with Crippen molar-refractivity contribution >= 4 is 11.3 Å². The number of hydrogen-bond acceptors (Lipinski definition) is 3. The van der Waals surface area contributed by atoms with E-state index in [0.29, 0.717) is 0 Å². The van der Waals surface area contributed by atoms with E-state index in [1.54, 1.807) is 4.88 Å². The average Bonchev–Trinajstić information content (AvgIpc) is 3.00. The Morgan fingerprint density at radius 1 is 1.18 bits per heavy atom. The van der Waals surface area contributed by atoms with E-state index < -0.39 is 0 Å². The Morgan fingerprint density at radius 3 is 2.71 bits per heavy atom. The van der Waals surface area contributed by atoms with E-state index in [4.69, 9.17) is 0 Å². The van der Waals surface area contributed by atoms with E-state index in [1.165, 1.54) is 45.3 Å². The number of likely N-dealkylation sites (tertiary alicyclic amines) is 2. The third-order valence-corrected chi connectivity index (χ3v) is 5.30. The van der Waals surface area contributed by atoms with Crippen molar-refractivity contribution in [1.29, 1.82) is 0 Å². The van der Waals surface area contributed by atoms with Crippen LogP contribution in [0.4, 0.5) is 0 Å². The molecule has 1 atom stereocenters. The first kappa shape index (κ1) is 11.7. The third-order valence-electron chi connectivity index (χ3n) is 4.32. The Kier molecular flexibility index (Phi) is 3.50. The highest BCUT2D eigenvalue weighted by atomic mass is 32.1. The molecular formula is C14H22N2S. The zero-order chi connectivity index (χ0) is 11.7. The Morgan fingerprint density at radius 2 is 2.00 bits per heavy atom. The van der Waals surface area contributed by atoms with Crippen LogP contribution in [-0.2, 0) is 0 Å². The molecule has 3 heteroatoms. The van der Waals surface area contributed by atoms with Gasteiger partial charge in [0.2, 0.25) is 0 Å². The zero-order valence-corrected chi connectivity index (χ0v) is 11.5. The molecule has 0 amide bonds. The van der Waals surface area contributed by atoms with Gasteiger partial charge >= 0.3 is 0 Å². The molecule has 0 N–H and O–H groups in total. The summed E-state index contributed by atoms with van der Waals surface area (Å²) in [4.78, 5) is 6.84.